The molecule has 0 bridgehead atoms. The summed E-state index contributed by atoms with van der Waals surface area (Å²) >= 11 is 1.55. The SMILES string of the molecule is CCc1sc(C(=O)NCCSSCCC(=O)O)cc1C. The molecule has 0 aliphatic carbocycles. The number of nitrogens with one attached hydrogen (secondary N) is 1. The second-order valence-corrected chi connectivity index (χ2v) is 7.95. The first-order chi connectivity index (χ1) is 9.54. The Labute approximate surface area is 131 Å². The molecule has 1 aromatic rings. The summed E-state index contributed by atoms with van der Waals surface area (Å²) in [4.78, 5) is 24.2. The van der Waals surface area contributed by atoms with Crippen LogP contribution in [0.2, 0.25) is 0 Å². The lowest BCUT2D eigenvalue weighted by Crippen LogP contribution is -2.24. The molecule has 1 heterocycles. The van der Waals surface area contributed by atoms with Gasteiger partial charge in [-0.25, -0.2) is 0 Å². The Hall–Kier alpha value is -0.660. The van der Waals surface area contributed by atoms with Crippen molar-refractivity contribution in [2.75, 3.05) is 18.1 Å². The number of amides is 1. The molecule has 0 aliphatic heterocycles. The molecule has 0 aliphatic rings. The molecule has 1 rings (SSSR count). The largest absolute Gasteiger partial charge is 0.481 e. The second-order valence-electron chi connectivity index (χ2n) is 4.11. The molecule has 0 fully saturated rings. The van der Waals surface area contributed by atoms with Gasteiger partial charge in [0.25, 0.3) is 5.91 Å². The Kier molecular flexibility index (Phi) is 8.09. The summed E-state index contributed by atoms with van der Waals surface area (Å²) in [5, 5.41) is 11.4. The van der Waals surface area contributed by atoms with E-state index in [2.05, 4.69) is 12.2 Å². The van der Waals surface area contributed by atoms with Crippen LogP contribution < -0.4 is 5.32 Å². The number of carboxylic acid groups (broad SMARTS) is 1. The van der Waals surface area contributed by atoms with Gasteiger partial charge < -0.3 is 10.4 Å². The number of carbonyl (C=O) groups excluding carboxylic acids is 1. The monoisotopic (exact) mass is 333 g/mol. The van der Waals surface area contributed by atoms with E-state index in [0.717, 1.165) is 17.1 Å². The van der Waals surface area contributed by atoms with Crippen LogP contribution >= 0.6 is 32.9 Å². The highest BCUT2D eigenvalue weighted by Gasteiger charge is 2.10. The maximum Gasteiger partial charge on any atom is 0.304 e. The molecule has 7 heteroatoms. The van der Waals surface area contributed by atoms with Crippen molar-refractivity contribution in [2.24, 2.45) is 0 Å². The minimum Gasteiger partial charge on any atom is -0.481 e. The van der Waals surface area contributed by atoms with Gasteiger partial charge >= 0.3 is 5.97 Å². The zero-order chi connectivity index (χ0) is 15.0. The zero-order valence-corrected chi connectivity index (χ0v) is 14.1. The van der Waals surface area contributed by atoms with Crippen molar-refractivity contribution in [3.8, 4) is 0 Å². The molecule has 0 radical (unpaired) electrons. The lowest BCUT2D eigenvalue weighted by atomic mass is 10.2. The molecule has 0 aromatic carbocycles. The van der Waals surface area contributed by atoms with E-state index >= 15 is 0 Å². The molecule has 0 spiro atoms. The Morgan fingerprint density at radius 2 is 2.05 bits per heavy atom. The Morgan fingerprint density at radius 3 is 2.65 bits per heavy atom. The molecule has 2 N–H and O–H groups in total. The second kappa shape index (κ2) is 9.31. The minimum absolute atomic E-state index is 0.0195. The van der Waals surface area contributed by atoms with Crippen LogP contribution in [0.4, 0.5) is 0 Å². The summed E-state index contributed by atoms with van der Waals surface area (Å²) in [7, 11) is 3.11. The van der Waals surface area contributed by atoms with E-state index in [4.69, 9.17) is 5.11 Å². The highest BCUT2D eigenvalue weighted by Crippen LogP contribution is 2.23. The predicted molar refractivity (Wildman–Crippen MR) is 87.9 cm³/mol. The number of carbonyl (C=O) groups is 2. The number of rotatable bonds is 9. The van der Waals surface area contributed by atoms with Crippen molar-refractivity contribution in [2.45, 2.75) is 26.7 Å². The lowest BCUT2D eigenvalue weighted by molar-refractivity contribution is -0.136. The number of hydrogen-bond donors (Lipinski definition) is 2. The van der Waals surface area contributed by atoms with Crippen LogP contribution in [0.5, 0.6) is 0 Å². The number of carboxylic acids is 1. The smallest absolute Gasteiger partial charge is 0.304 e. The number of aliphatic carboxylic acids is 1. The fourth-order valence-corrected chi connectivity index (χ4v) is 4.44. The van der Waals surface area contributed by atoms with Crippen LogP contribution in [-0.2, 0) is 11.2 Å². The summed E-state index contributed by atoms with van der Waals surface area (Å²) in [5.74, 6) is 0.582. The molecule has 1 amide bonds. The molecule has 0 unspecified atom stereocenters. The van der Waals surface area contributed by atoms with Gasteiger partial charge in [0, 0.05) is 22.9 Å². The summed E-state index contributed by atoms with van der Waals surface area (Å²) in [6.45, 7) is 4.72. The molecular weight excluding hydrogens is 314 g/mol. The van der Waals surface area contributed by atoms with Crippen LogP contribution in [0.1, 0.15) is 33.5 Å². The number of thiophene rings is 1. The topological polar surface area (TPSA) is 66.4 Å². The normalized spacial score (nSPS) is 10.5. The van der Waals surface area contributed by atoms with Gasteiger partial charge in [-0.1, -0.05) is 28.5 Å². The van der Waals surface area contributed by atoms with Crippen molar-refractivity contribution >= 4 is 44.8 Å². The molecule has 1 aromatic heterocycles. The summed E-state index contributed by atoms with van der Waals surface area (Å²) in [5.41, 5.74) is 1.18. The first-order valence-electron chi connectivity index (χ1n) is 6.38. The van der Waals surface area contributed by atoms with Crippen LogP contribution in [0.3, 0.4) is 0 Å². The number of hydrogen-bond acceptors (Lipinski definition) is 5. The van der Waals surface area contributed by atoms with E-state index in [-0.39, 0.29) is 12.3 Å². The van der Waals surface area contributed by atoms with Gasteiger partial charge in [-0.2, -0.15) is 0 Å². The van der Waals surface area contributed by atoms with Gasteiger partial charge in [-0.3, -0.25) is 9.59 Å². The summed E-state index contributed by atoms with van der Waals surface area (Å²) in [6.07, 6.45) is 1.14. The van der Waals surface area contributed by atoms with Gasteiger partial charge in [0.15, 0.2) is 0 Å². The van der Waals surface area contributed by atoms with Crippen LogP contribution in [0, 0.1) is 6.92 Å². The Balaban J connectivity index is 2.18. The zero-order valence-electron chi connectivity index (χ0n) is 11.6. The molecule has 0 saturated heterocycles. The average Bonchev–Trinajstić information content (AvgIpc) is 2.78. The Morgan fingerprint density at radius 1 is 1.35 bits per heavy atom. The third-order valence-electron chi connectivity index (χ3n) is 2.52. The molecule has 4 nitrogen and oxygen atoms in total. The van der Waals surface area contributed by atoms with Crippen molar-refractivity contribution in [1.82, 2.24) is 5.32 Å². The first kappa shape index (κ1) is 17.4. The van der Waals surface area contributed by atoms with E-state index in [1.165, 1.54) is 21.2 Å². The Bertz CT molecular complexity index is 460. The highest BCUT2D eigenvalue weighted by atomic mass is 33.1. The predicted octanol–water partition coefficient (Wildman–Crippen LogP) is 3.20. The minimum atomic E-state index is -0.772. The van der Waals surface area contributed by atoms with E-state index < -0.39 is 5.97 Å². The maximum absolute atomic E-state index is 11.9. The molecule has 0 saturated carbocycles. The lowest BCUT2D eigenvalue weighted by Gasteiger charge is -2.02. The fourth-order valence-electron chi connectivity index (χ4n) is 1.52. The van der Waals surface area contributed by atoms with Crippen LogP contribution in [0.15, 0.2) is 6.07 Å². The van der Waals surface area contributed by atoms with E-state index in [0.29, 0.717) is 12.3 Å². The molecule has 20 heavy (non-hydrogen) atoms. The molecular formula is C13H19NO3S3. The van der Waals surface area contributed by atoms with Crippen LogP contribution in [-0.4, -0.2) is 35.0 Å². The number of aryl methyl sites for hydroxylation is 2. The van der Waals surface area contributed by atoms with Crippen molar-refractivity contribution in [3.05, 3.63) is 21.4 Å². The van der Waals surface area contributed by atoms with Crippen molar-refractivity contribution in [1.29, 1.82) is 0 Å². The van der Waals surface area contributed by atoms with E-state index in [1.807, 2.05) is 13.0 Å². The van der Waals surface area contributed by atoms with Gasteiger partial charge in [0.2, 0.25) is 0 Å². The van der Waals surface area contributed by atoms with E-state index in [9.17, 15) is 9.59 Å². The maximum atomic E-state index is 11.9. The van der Waals surface area contributed by atoms with Gasteiger partial charge in [-0.15, -0.1) is 11.3 Å². The molecule has 0 atom stereocenters. The standard InChI is InChI=1S/C13H19NO3S3/c1-3-10-9(2)8-11(20-10)13(17)14-5-7-19-18-6-4-12(15)16/h8H,3-7H2,1-2H3,(H,14,17)(H,15,16). The average molecular weight is 334 g/mol. The summed E-state index contributed by atoms with van der Waals surface area (Å²) < 4.78 is 0. The van der Waals surface area contributed by atoms with Gasteiger partial charge in [0.05, 0.1) is 11.3 Å². The third-order valence-corrected chi connectivity index (χ3v) is 6.31. The van der Waals surface area contributed by atoms with Crippen molar-refractivity contribution in [3.63, 3.8) is 0 Å². The van der Waals surface area contributed by atoms with Crippen LogP contribution in [0.25, 0.3) is 0 Å². The summed E-state index contributed by atoms with van der Waals surface area (Å²) in [6, 6.07) is 1.94. The third kappa shape index (κ3) is 6.19. The fraction of sp³-hybridized carbons (Fsp3) is 0.538. The van der Waals surface area contributed by atoms with Gasteiger partial charge in [-0.05, 0) is 25.0 Å². The quantitative estimate of drug-likeness (QED) is 0.536. The first-order valence-corrected chi connectivity index (χ1v) is 9.68. The van der Waals surface area contributed by atoms with Crippen molar-refractivity contribution < 1.29 is 14.7 Å². The highest BCUT2D eigenvalue weighted by molar-refractivity contribution is 8.76. The van der Waals surface area contributed by atoms with E-state index in [1.54, 1.807) is 22.1 Å². The molecule has 112 valence electrons. The van der Waals surface area contributed by atoms with Gasteiger partial charge in [0.1, 0.15) is 0 Å².